The highest BCUT2D eigenvalue weighted by atomic mass is 16.7. The molecule has 0 aromatic heterocycles. The molecule has 0 heterocycles. The third-order valence-corrected chi connectivity index (χ3v) is 11.8. The minimum absolute atomic E-state index is 0.0274. The van der Waals surface area contributed by atoms with E-state index in [1.807, 2.05) is 48.5 Å². The number of rotatable bonds is 6. The lowest BCUT2D eigenvalue weighted by Gasteiger charge is -2.42. The Labute approximate surface area is 377 Å². The summed E-state index contributed by atoms with van der Waals surface area (Å²) in [5.41, 5.74) is 3.65. The number of hydrogen-bond donors (Lipinski definition) is 2. The van der Waals surface area contributed by atoms with Gasteiger partial charge >= 0.3 is 0 Å². The maximum absolute atomic E-state index is 12.8. The summed E-state index contributed by atoms with van der Waals surface area (Å²) in [4.78, 5) is 0. The van der Waals surface area contributed by atoms with Crippen LogP contribution in [-0.2, 0) is 31.5 Å². The van der Waals surface area contributed by atoms with Crippen LogP contribution < -0.4 is 0 Å². The van der Waals surface area contributed by atoms with Crippen LogP contribution >= 0.6 is 0 Å². The fourth-order valence-electron chi connectivity index (χ4n) is 9.57. The van der Waals surface area contributed by atoms with Crippen LogP contribution in [-0.4, -0.2) is 30.2 Å². The number of hydrogen-bond acceptors (Lipinski definition) is 4. The number of aliphatic hydroxyl groups is 2. The van der Waals surface area contributed by atoms with Crippen molar-refractivity contribution in [2.75, 3.05) is 14.2 Å². The summed E-state index contributed by atoms with van der Waals surface area (Å²) in [7, 11) is 2.75. The van der Waals surface area contributed by atoms with E-state index in [0.717, 1.165) is 24.0 Å². The second kappa shape index (κ2) is 17.7. The lowest BCUT2D eigenvalue weighted by molar-refractivity contribution is -0.339. The van der Waals surface area contributed by atoms with Gasteiger partial charge in [0.05, 0.1) is 0 Å². The Morgan fingerprint density at radius 1 is 0.413 bits per heavy atom. The van der Waals surface area contributed by atoms with Gasteiger partial charge in [-0.2, -0.15) is 0 Å². The van der Waals surface area contributed by atoms with E-state index < -0.39 is 17.0 Å². The number of benzene rings is 5. The van der Waals surface area contributed by atoms with E-state index in [4.69, 9.17) is 9.47 Å². The van der Waals surface area contributed by atoms with Gasteiger partial charge in [-0.1, -0.05) is 189 Å². The molecule has 0 bridgehead atoms. The predicted molar refractivity (Wildman–Crippen MR) is 257 cm³/mol. The van der Waals surface area contributed by atoms with E-state index in [0.29, 0.717) is 33.4 Å². The van der Waals surface area contributed by atoms with Gasteiger partial charge in [-0.25, -0.2) is 0 Å². The molecule has 0 aliphatic heterocycles. The highest BCUT2D eigenvalue weighted by Crippen LogP contribution is 2.56. The number of fused-ring (bicyclic) bond motifs is 1. The first-order valence-electron chi connectivity index (χ1n) is 21.7. The maximum Gasteiger partial charge on any atom is 0.259 e. The third kappa shape index (κ3) is 9.88. The summed E-state index contributed by atoms with van der Waals surface area (Å²) in [6.45, 7) is 22.8. The summed E-state index contributed by atoms with van der Waals surface area (Å²) in [6, 6.07) is 38.9. The van der Waals surface area contributed by atoms with E-state index in [1.54, 1.807) is 24.3 Å². The Bertz CT molecular complexity index is 2520. The molecule has 63 heavy (non-hydrogen) atoms. The predicted octanol–water partition coefficient (Wildman–Crippen LogP) is 11.4. The van der Waals surface area contributed by atoms with Crippen molar-refractivity contribution in [1.82, 2.24) is 0 Å². The van der Waals surface area contributed by atoms with Crippen LogP contribution in [0.4, 0.5) is 0 Å². The van der Waals surface area contributed by atoms with Crippen LogP contribution in [0.3, 0.4) is 0 Å². The topological polar surface area (TPSA) is 58.9 Å². The molecule has 1 aliphatic rings. The second-order valence-corrected chi connectivity index (χ2v) is 20.5. The minimum Gasteiger partial charge on any atom is -0.369 e. The lowest BCUT2D eigenvalue weighted by atomic mass is 9.72. The van der Waals surface area contributed by atoms with Gasteiger partial charge in [0, 0.05) is 58.7 Å². The standard InChI is InChI=1S/C59H62O4/c1-53(2,3)41-55(7,8)49-33-27-43(28-34-49)25-31-45-19-13-15-21-47(45)37-39-57(60)51-23-17-18-24-52(51)58(61,59(57,62-11)63-12)40-38-48-22-16-14-20-46(48)32-26-44-29-35-50(36-30-44)56(9,10)42-54(4,5)6/h13-24,27-30,33-36,60-61H,41-42H2,1-12H3. The van der Waals surface area contributed by atoms with Gasteiger partial charge in [0.2, 0.25) is 11.2 Å². The zero-order valence-electron chi connectivity index (χ0n) is 39.2. The van der Waals surface area contributed by atoms with Crippen LogP contribution in [0.5, 0.6) is 0 Å². The fourth-order valence-corrected chi connectivity index (χ4v) is 9.57. The zero-order chi connectivity index (χ0) is 45.9. The first-order valence-corrected chi connectivity index (χ1v) is 21.7. The van der Waals surface area contributed by atoms with E-state index in [2.05, 4.69) is 165 Å². The van der Waals surface area contributed by atoms with Gasteiger partial charge in [-0.3, -0.25) is 0 Å². The van der Waals surface area contributed by atoms with Crippen molar-refractivity contribution in [2.24, 2.45) is 10.8 Å². The van der Waals surface area contributed by atoms with Crippen molar-refractivity contribution in [2.45, 2.75) is 110 Å². The van der Waals surface area contributed by atoms with Crippen LogP contribution in [0.15, 0.2) is 121 Å². The molecule has 1 aliphatic carbocycles. The van der Waals surface area contributed by atoms with Gasteiger partial charge < -0.3 is 19.7 Å². The van der Waals surface area contributed by atoms with Crippen LogP contribution in [0.25, 0.3) is 0 Å². The zero-order valence-corrected chi connectivity index (χ0v) is 39.2. The molecule has 0 fully saturated rings. The van der Waals surface area contributed by atoms with Gasteiger partial charge in [-0.05, 0) is 94.2 Å². The SMILES string of the molecule is COC1(OC)C(O)(C#Cc2ccccc2C#Cc2ccc(C(C)(C)CC(C)(C)C)cc2)c2ccccc2C1(O)C#Cc1ccccc1C#Cc1ccc(C(C)(C)CC(C)(C)C)cc1. The van der Waals surface area contributed by atoms with Gasteiger partial charge in [0.25, 0.3) is 5.79 Å². The minimum atomic E-state index is -2.17. The molecule has 322 valence electrons. The third-order valence-electron chi connectivity index (χ3n) is 11.8. The maximum atomic E-state index is 12.8. The molecular weight excluding hydrogens is 773 g/mol. The quantitative estimate of drug-likeness (QED) is 0.132. The molecule has 0 amide bonds. The molecule has 5 aromatic carbocycles. The summed E-state index contributed by atoms with van der Waals surface area (Å²) in [5, 5.41) is 25.6. The molecule has 0 radical (unpaired) electrons. The smallest absolute Gasteiger partial charge is 0.259 e. The molecule has 0 spiro atoms. The number of methoxy groups -OCH3 is 2. The molecule has 4 nitrogen and oxygen atoms in total. The largest absolute Gasteiger partial charge is 0.369 e. The van der Waals surface area contributed by atoms with Gasteiger partial charge in [0.15, 0.2) is 0 Å². The molecule has 2 N–H and O–H groups in total. The van der Waals surface area contributed by atoms with Gasteiger partial charge in [-0.15, -0.1) is 0 Å². The van der Waals surface area contributed by atoms with Crippen molar-refractivity contribution in [3.63, 3.8) is 0 Å². The first-order chi connectivity index (χ1) is 29.6. The van der Waals surface area contributed by atoms with Crippen LogP contribution in [0.2, 0.25) is 0 Å². The highest BCUT2D eigenvalue weighted by molar-refractivity contribution is 5.61. The van der Waals surface area contributed by atoms with E-state index in [1.165, 1.54) is 25.3 Å². The van der Waals surface area contributed by atoms with Crippen molar-refractivity contribution >= 4 is 0 Å². The van der Waals surface area contributed by atoms with Crippen molar-refractivity contribution in [1.29, 1.82) is 0 Å². The Morgan fingerprint density at radius 2 is 0.714 bits per heavy atom. The summed E-state index contributed by atoms with van der Waals surface area (Å²) >= 11 is 0. The molecule has 5 aromatic rings. The lowest BCUT2D eigenvalue weighted by Crippen LogP contribution is -2.61. The van der Waals surface area contributed by atoms with E-state index in [-0.39, 0.29) is 21.7 Å². The molecular formula is C59H62O4. The summed E-state index contributed by atoms with van der Waals surface area (Å²) < 4.78 is 12.1. The Balaban J connectivity index is 1.34. The monoisotopic (exact) mass is 834 g/mol. The average molecular weight is 835 g/mol. The van der Waals surface area contributed by atoms with Crippen molar-refractivity contribution < 1.29 is 19.7 Å². The Hall–Kier alpha value is -5.82. The molecule has 0 saturated carbocycles. The van der Waals surface area contributed by atoms with Gasteiger partial charge in [0.1, 0.15) is 0 Å². The molecule has 0 saturated heterocycles. The summed E-state index contributed by atoms with van der Waals surface area (Å²) in [6.07, 6.45) is 2.11. The van der Waals surface area contributed by atoms with Crippen LogP contribution in [0.1, 0.15) is 138 Å². The normalized spacial score (nSPS) is 18.0. The van der Waals surface area contributed by atoms with Crippen molar-refractivity contribution in [3.05, 3.63) is 177 Å². The molecule has 2 unspecified atom stereocenters. The Kier molecular flexibility index (Phi) is 13.1. The summed E-state index contributed by atoms with van der Waals surface area (Å²) in [5.74, 6) is 23.6. The highest BCUT2D eigenvalue weighted by Gasteiger charge is 2.72. The molecule has 2 atom stereocenters. The van der Waals surface area contributed by atoms with E-state index in [9.17, 15) is 10.2 Å². The van der Waals surface area contributed by atoms with E-state index >= 15 is 0 Å². The second-order valence-electron chi connectivity index (χ2n) is 20.5. The first kappa shape index (κ1) is 46.7. The van der Waals surface area contributed by atoms with Crippen LogP contribution in [0, 0.1) is 58.2 Å². The Morgan fingerprint density at radius 3 is 1.02 bits per heavy atom. The van der Waals surface area contributed by atoms with Crippen molar-refractivity contribution in [3.8, 4) is 47.4 Å². The molecule has 6 rings (SSSR count). The fraction of sp³-hybridized carbons (Fsp3) is 0.356. The molecule has 4 heteroatoms. The number of ether oxygens (including phenoxy) is 2. The average Bonchev–Trinajstić information content (AvgIpc) is 3.39.